The van der Waals surface area contributed by atoms with Gasteiger partial charge in [-0.2, -0.15) is 5.26 Å². The molecular formula is C16H14BrN5. The molecule has 0 bridgehead atoms. The van der Waals surface area contributed by atoms with Crippen LogP contribution in [0.4, 0.5) is 5.82 Å². The minimum absolute atomic E-state index is 0.556. The largest absolute Gasteiger partial charge is 0.372 e. The van der Waals surface area contributed by atoms with Crippen LogP contribution in [0.25, 0.3) is 22.4 Å². The number of halogens is 1. The van der Waals surface area contributed by atoms with Crippen molar-refractivity contribution >= 4 is 32.8 Å². The Bertz CT molecular complexity index is 877. The molecule has 22 heavy (non-hydrogen) atoms. The zero-order valence-corrected chi connectivity index (χ0v) is 13.8. The lowest BCUT2D eigenvalue weighted by molar-refractivity contribution is 0.769. The molecule has 3 rings (SSSR count). The van der Waals surface area contributed by atoms with E-state index in [9.17, 15) is 5.26 Å². The van der Waals surface area contributed by atoms with E-state index >= 15 is 0 Å². The van der Waals surface area contributed by atoms with Gasteiger partial charge < -0.3 is 9.88 Å². The number of nitrogens with one attached hydrogen (secondary N) is 1. The Morgan fingerprint density at radius 3 is 2.59 bits per heavy atom. The Kier molecular flexibility index (Phi) is 3.82. The fourth-order valence-electron chi connectivity index (χ4n) is 2.49. The number of aromatic nitrogens is 3. The Morgan fingerprint density at radius 1 is 1.27 bits per heavy atom. The smallest absolute Gasteiger partial charge is 0.163 e. The van der Waals surface area contributed by atoms with Crippen molar-refractivity contribution in [2.45, 2.75) is 13.5 Å². The monoisotopic (exact) mass is 355 g/mol. The predicted molar refractivity (Wildman–Crippen MR) is 90.6 cm³/mol. The van der Waals surface area contributed by atoms with Gasteiger partial charge in [0.2, 0.25) is 0 Å². The van der Waals surface area contributed by atoms with Crippen molar-refractivity contribution in [2.24, 2.45) is 0 Å². The summed E-state index contributed by atoms with van der Waals surface area (Å²) in [6.07, 6.45) is 0. The molecule has 0 radical (unpaired) electrons. The molecule has 0 atom stereocenters. The first-order chi connectivity index (χ1) is 10.7. The highest BCUT2D eigenvalue weighted by atomic mass is 79.9. The number of benzene rings is 1. The van der Waals surface area contributed by atoms with Gasteiger partial charge in [0.05, 0.1) is 10.9 Å². The average molecular weight is 356 g/mol. The van der Waals surface area contributed by atoms with E-state index in [-0.39, 0.29) is 0 Å². The molecule has 0 amide bonds. The second kappa shape index (κ2) is 5.78. The van der Waals surface area contributed by atoms with Crippen LogP contribution in [0.15, 0.2) is 34.9 Å². The first-order valence-electron chi connectivity index (χ1n) is 6.94. The number of rotatable bonds is 3. The van der Waals surface area contributed by atoms with Crippen molar-refractivity contribution in [1.82, 2.24) is 14.5 Å². The molecule has 2 heterocycles. The number of nitrogens with zero attached hydrogens (tertiary/aromatic N) is 4. The highest BCUT2D eigenvalue weighted by Gasteiger charge is 2.20. The lowest BCUT2D eigenvalue weighted by Crippen LogP contribution is -2.01. The van der Waals surface area contributed by atoms with E-state index in [1.165, 1.54) is 0 Å². The summed E-state index contributed by atoms with van der Waals surface area (Å²) in [5.41, 5.74) is 2.25. The summed E-state index contributed by atoms with van der Waals surface area (Å²) in [6, 6.07) is 12.1. The average Bonchev–Trinajstić information content (AvgIpc) is 2.85. The molecule has 110 valence electrons. The minimum Gasteiger partial charge on any atom is -0.372 e. The quantitative estimate of drug-likeness (QED) is 0.775. The lowest BCUT2D eigenvalue weighted by Gasteiger charge is -2.07. The van der Waals surface area contributed by atoms with Crippen LogP contribution in [0.3, 0.4) is 0 Å². The van der Waals surface area contributed by atoms with E-state index in [4.69, 9.17) is 0 Å². The van der Waals surface area contributed by atoms with Crippen LogP contribution in [-0.4, -0.2) is 21.6 Å². The normalized spacial score (nSPS) is 10.6. The molecule has 5 nitrogen and oxygen atoms in total. The van der Waals surface area contributed by atoms with Gasteiger partial charge in [0.25, 0.3) is 0 Å². The van der Waals surface area contributed by atoms with Crippen LogP contribution in [0, 0.1) is 11.3 Å². The van der Waals surface area contributed by atoms with Gasteiger partial charge >= 0.3 is 0 Å². The molecular weight excluding hydrogens is 342 g/mol. The Labute approximate surface area is 136 Å². The Morgan fingerprint density at radius 2 is 2.00 bits per heavy atom. The van der Waals surface area contributed by atoms with Crippen LogP contribution in [0.5, 0.6) is 0 Å². The van der Waals surface area contributed by atoms with Gasteiger partial charge in [0, 0.05) is 19.2 Å². The molecule has 0 aliphatic carbocycles. The van der Waals surface area contributed by atoms with Gasteiger partial charge in [0.1, 0.15) is 22.1 Å². The number of anilines is 1. The summed E-state index contributed by atoms with van der Waals surface area (Å²) in [5, 5.41) is 13.3. The second-order valence-corrected chi connectivity index (χ2v) is 5.48. The topological polar surface area (TPSA) is 66.5 Å². The third kappa shape index (κ3) is 2.14. The van der Waals surface area contributed by atoms with E-state index in [1.54, 1.807) is 7.05 Å². The van der Waals surface area contributed by atoms with E-state index < -0.39 is 0 Å². The number of fused-ring (bicyclic) bond motifs is 1. The summed E-state index contributed by atoms with van der Waals surface area (Å²) >= 11 is 3.50. The maximum Gasteiger partial charge on any atom is 0.163 e. The summed E-state index contributed by atoms with van der Waals surface area (Å²) < 4.78 is 2.71. The molecule has 0 fully saturated rings. The van der Waals surface area contributed by atoms with E-state index in [0.717, 1.165) is 21.2 Å². The number of aryl methyl sites for hydroxylation is 1. The van der Waals surface area contributed by atoms with Crippen LogP contribution < -0.4 is 5.32 Å². The summed E-state index contributed by atoms with van der Waals surface area (Å²) in [7, 11) is 1.80. The molecule has 6 heteroatoms. The zero-order chi connectivity index (χ0) is 15.7. The van der Waals surface area contributed by atoms with Gasteiger partial charge in [-0.3, -0.25) is 0 Å². The Hall–Kier alpha value is -2.39. The molecule has 0 saturated heterocycles. The standard InChI is InChI=1S/C16H14BrN5/c1-3-22-13(17)11(9-18)12-15(19-2)20-14(21-16(12)22)10-7-5-4-6-8-10/h4-8H,3H2,1-2H3,(H,19,20,21). The summed E-state index contributed by atoms with van der Waals surface area (Å²) in [6.45, 7) is 2.74. The molecule has 0 aliphatic heterocycles. The maximum absolute atomic E-state index is 9.45. The second-order valence-electron chi connectivity index (χ2n) is 4.73. The molecule has 0 saturated carbocycles. The van der Waals surface area contributed by atoms with Crippen molar-refractivity contribution < 1.29 is 0 Å². The van der Waals surface area contributed by atoms with E-state index in [1.807, 2.05) is 41.8 Å². The molecule has 0 unspecified atom stereocenters. The summed E-state index contributed by atoms with van der Waals surface area (Å²) in [4.78, 5) is 9.26. The summed E-state index contributed by atoms with van der Waals surface area (Å²) in [5.74, 6) is 1.30. The van der Waals surface area contributed by atoms with Crippen molar-refractivity contribution in [3.8, 4) is 17.5 Å². The first-order valence-corrected chi connectivity index (χ1v) is 7.73. The van der Waals surface area contributed by atoms with Crippen molar-refractivity contribution in [2.75, 3.05) is 12.4 Å². The third-order valence-electron chi connectivity index (χ3n) is 3.54. The van der Waals surface area contributed by atoms with Crippen LogP contribution in [0.1, 0.15) is 12.5 Å². The molecule has 3 aromatic rings. The van der Waals surface area contributed by atoms with Crippen LogP contribution in [0.2, 0.25) is 0 Å². The maximum atomic E-state index is 9.45. The molecule has 0 spiro atoms. The van der Waals surface area contributed by atoms with Crippen LogP contribution >= 0.6 is 15.9 Å². The highest BCUT2D eigenvalue weighted by Crippen LogP contribution is 2.34. The van der Waals surface area contributed by atoms with Crippen molar-refractivity contribution in [1.29, 1.82) is 5.26 Å². The SMILES string of the molecule is CCn1c(Br)c(C#N)c2c(NC)nc(-c3ccccc3)nc21. The van der Waals surface area contributed by atoms with Gasteiger partial charge in [-0.1, -0.05) is 30.3 Å². The lowest BCUT2D eigenvalue weighted by atomic mass is 10.2. The molecule has 0 aliphatic rings. The van der Waals surface area contributed by atoms with Crippen molar-refractivity contribution in [3.63, 3.8) is 0 Å². The Balaban J connectivity index is 2.40. The zero-order valence-electron chi connectivity index (χ0n) is 12.3. The van der Waals surface area contributed by atoms with Gasteiger partial charge in [0.15, 0.2) is 5.82 Å². The fourth-order valence-corrected chi connectivity index (χ4v) is 3.20. The number of hydrogen-bond acceptors (Lipinski definition) is 4. The molecule has 2 aromatic heterocycles. The minimum atomic E-state index is 0.556. The fraction of sp³-hybridized carbons (Fsp3) is 0.188. The molecule has 1 N–H and O–H groups in total. The van der Waals surface area contributed by atoms with E-state index in [0.29, 0.717) is 23.8 Å². The number of nitriles is 1. The van der Waals surface area contributed by atoms with Crippen molar-refractivity contribution in [3.05, 3.63) is 40.5 Å². The van der Waals surface area contributed by atoms with Gasteiger partial charge in [-0.15, -0.1) is 0 Å². The van der Waals surface area contributed by atoms with E-state index in [2.05, 4.69) is 37.3 Å². The third-order valence-corrected chi connectivity index (χ3v) is 4.36. The first kappa shape index (κ1) is 14.5. The predicted octanol–water partition coefficient (Wildman–Crippen LogP) is 3.79. The number of hydrogen-bond donors (Lipinski definition) is 1. The van der Waals surface area contributed by atoms with Gasteiger partial charge in [-0.05, 0) is 22.9 Å². The molecule has 1 aromatic carbocycles. The van der Waals surface area contributed by atoms with Gasteiger partial charge in [-0.25, -0.2) is 9.97 Å². The van der Waals surface area contributed by atoms with Crippen LogP contribution in [-0.2, 0) is 6.54 Å². The highest BCUT2D eigenvalue weighted by molar-refractivity contribution is 9.10.